The predicted molar refractivity (Wildman–Crippen MR) is 60.7 cm³/mol. The quantitative estimate of drug-likeness (QED) is 0.609. The van der Waals surface area contributed by atoms with Crippen molar-refractivity contribution in [1.29, 1.82) is 0 Å². The summed E-state index contributed by atoms with van der Waals surface area (Å²) in [6, 6.07) is 1.76. The van der Waals surface area contributed by atoms with Crippen LogP contribution in [-0.4, -0.2) is 24.2 Å². The molecule has 0 saturated heterocycles. The molecule has 0 aromatic carbocycles. The molecule has 0 spiro atoms. The molecule has 6 heteroatoms. The fourth-order valence-corrected chi connectivity index (χ4v) is 1.96. The van der Waals surface area contributed by atoms with E-state index in [2.05, 4.69) is 4.98 Å². The van der Waals surface area contributed by atoms with Crippen LogP contribution in [0.4, 0.5) is 4.39 Å². The first-order valence-corrected chi connectivity index (χ1v) is 5.90. The molecule has 0 aliphatic rings. The number of hydrogen-bond donors (Lipinski definition) is 0. The number of esters is 1. The van der Waals surface area contributed by atoms with E-state index in [1.807, 2.05) is 0 Å². The van der Waals surface area contributed by atoms with E-state index in [0.717, 1.165) is 5.56 Å². The van der Waals surface area contributed by atoms with Gasteiger partial charge < -0.3 is 9.15 Å². The van der Waals surface area contributed by atoms with Gasteiger partial charge >= 0.3 is 5.97 Å². The SMILES string of the molecule is O=C(OCCCF)c1csc(-c2ccoc2)n1. The van der Waals surface area contributed by atoms with Gasteiger partial charge in [0.1, 0.15) is 11.3 Å². The van der Waals surface area contributed by atoms with Crippen molar-refractivity contribution in [2.75, 3.05) is 13.3 Å². The molecule has 0 aliphatic carbocycles. The summed E-state index contributed by atoms with van der Waals surface area (Å²) in [5.74, 6) is -0.524. The highest BCUT2D eigenvalue weighted by Gasteiger charge is 2.13. The molecule has 0 aliphatic heterocycles. The molecule has 0 unspecified atom stereocenters. The van der Waals surface area contributed by atoms with Crippen LogP contribution in [0, 0.1) is 0 Å². The van der Waals surface area contributed by atoms with Crippen molar-refractivity contribution >= 4 is 17.3 Å². The van der Waals surface area contributed by atoms with Crippen LogP contribution < -0.4 is 0 Å². The maximum atomic E-state index is 11.8. The second-order valence-corrected chi connectivity index (χ2v) is 4.09. The smallest absolute Gasteiger partial charge is 0.357 e. The van der Waals surface area contributed by atoms with Crippen molar-refractivity contribution in [3.63, 3.8) is 0 Å². The lowest BCUT2D eigenvalue weighted by Gasteiger charge is -1.99. The number of furan rings is 1. The van der Waals surface area contributed by atoms with Crippen LogP contribution in [-0.2, 0) is 4.74 Å². The van der Waals surface area contributed by atoms with Gasteiger partial charge in [0.05, 0.1) is 19.5 Å². The zero-order chi connectivity index (χ0) is 12.1. The average Bonchev–Trinajstić information content (AvgIpc) is 3.00. The zero-order valence-corrected chi connectivity index (χ0v) is 9.71. The van der Waals surface area contributed by atoms with Gasteiger partial charge in [0.2, 0.25) is 0 Å². The second kappa shape index (κ2) is 5.58. The Morgan fingerprint density at radius 2 is 2.47 bits per heavy atom. The molecule has 0 bridgehead atoms. The summed E-state index contributed by atoms with van der Waals surface area (Å²) in [5, 5.41) is 2.30. The van der Waals surface area contributed by atoms with E-state index in [9.17, 15) is 9.18 Å². The maximum absolute atomic E-state index is 11.8. The Morgan fingerprint density at radius 1 is 1.59 bits per heavy atom. The largest absolute Gasteiger partial charge is 0.472 e. The monoisotopic (exact) mass is 255 g/mol. The molecular formula is C11H10FNO3S. The summed E-state index contributed by atoms with van der Waals surface area (Å²) in [6.45, 7) is -0.418. The Morgan fingerprint density at radius 3 is 3.18 bits per heavy atom. The maximum Gasteiger partial charge on any atom is 0.357 e. The van der Waals surface area contributed by atoms with E-state index < -0.39 is 12.6 Å². The first-order chi connectivity index (χ1) is 8.31. The van der Waals surface area contributed by atoms with E-state index >= 15 is 0 Å². The highest BCUT2D eigenvalue weighted by molar-refractivity contribution is 7.13. The van der Waals surface area contributed by atoms with Gasteiger partial charge in [-0.25, -0.2) is 9.78 Å². The van der Waals surface area contributed by atoms with Gasteiger partial charge in [-0.3, -0.25) is 4.39 Å². The second-order valence-electron chi connectivity index (χ2n) is 3.23. The lowest BCUT2D eigenvalue weighted by atomic mass is 10.3. The minimum Gasteiger partial charge on any atom is -0.472 e. The number of carbonyl (C=O) groups is 1. The fourth-order valence-electron chi connectivity index (χ4n) is 1.18. The summed E-state index contributed by atoms with van der Waals surface area (Å²) < 4.78 is 21.6. The topological polar surface area (TPSA) is 52.3 Å². The standard InChI is InChI=1S/C11H10FNO3S/c12-3-1-4-16-11(14)9-7-17-10(13-9)8-2-5-15-6-8/h2,5-7H,1,3-4H2. The Labute approximate surface area is 101 Å². The third-order valence-electron chi connectivity index (χ3n) is 1.99. The summed E-state index contributed by atoms with van der Waals surface area (Å²) in [7, 11) is 0. The highest BCUT2D eigenvalue weighted by atomic mass is 32.1. The van der Waals surface area contributed by atoms with Gasteiger partial charge in [-0.2, -0.15) is 0 Å². The Kier molecular flexibility index (Phi) is 3.87. The van der Waals surface area contributed by atoms with Crippen molar-refractivity contribution in [1.82, 2.24) is 4.98 Å². The lowest BCUT2D eigenvalue weighted by Crippen LogP contribution is -2.07. The number of aromatic nitrogens is 1. The van der Waals surface area contributed by atoms with Crippen molar-refractivity contribution in [3.05, 3.63) is 29.7 Å². The van der Waals surface area contributed by atoms with Gasteiger partial charge in [-0.05, 0) is 6.07 Å². The first-order valence-electron chi connectivity index (χ1n) is 5.02. The molecule has 2 heterocycles. The fraction of sp³-hybridized carbons (Fsp3) is 0.273. The van der Waals surface area contributed by atoms with Crippen LogP contribution in [0.2, 0.25) is 0 Å². The van der Waals surface area contributed by atoms with E-state index in [-0.39, 0.29) is 18.7 Å². The highest BCUT2D eigenvalue weighted by Crippen LogP contribution is 2.24. The third-order valence-corrected chi connectivity index (χ3v) is 2.88. The first kappa shape index (κ1) is 11.8. The summed E-state index contributed by atoms with van der Waals surface area (Å²) in [6.07, 6.45) is 3.30. The summed E-state index contributed by atoms with van der Waals surface area (Å²) >= 11 is 1.33. The number of rotatable bonds is 5. The molecule has 0 fully saturated rings. The Hall–Kier alpha value is -1.69. The third kappa shape index (κ3) is 2.91. The van der Waals surface area contributed by atoms with E-state index in [4.69, 9.17) is 9.15 Å². The summed E-state index contributed by atoms with van der Waals surface area (Å²) in [5.41, 5.74) is 1.06. The Balaban J connectivity index is 2.01. The molecule has 2 aromatic heterocycles. The van der Waals surface area contributed by atoms with E-state index in [0.29, 0.717) is 5.01 Å². The molecule has 0 radical (unpaired) electrons. The normalized spacial score (nSPS) is 10.4. The molecule has 2 rings (SSSR count). The number of alkyl halides is 1. The average molecular weight is 255 g/mol. The molecular weight excluding hydrogens is 245 g/mol. The van der Waals surface area contributed by atoms with Crippen molar-refractivity contribution in [2.45, 2.75) is 6.42 Å². The van der Waals surface area contributed by atoms with Gasteiger partial charge in [-0.15, -0.1) is 11.3 Å². The number of hydrogen-bond acceptors (Lipinski definition) is 5. The van der Waals surface area contributed by atoms with Crippen LogP contribution in [0.1, 0.15) is 16.9 Å². The van der Waals surface area contributed by atoms with Crippen LogP contribution in [0.25, 0.3) is 10.6 Å². The molecule has 0 saturated carbocycles. The van der Waals surface area contributed by atoms with Crippen molar-refractivity contribution in [3.8, 4) is 10.6 Å². The number of nitrogens with zero attached hydrogens (tertiary/aromatic N) is 1. The number of carbonyl (C=O) groups excluding carboxylic acids is 1. The molecule has 2 aromatic rings. The van der Waals surface area contributed by atoms with E-state index in [1.165, 1.54) is 17.6 Å². The molecule has 0 atom stereocenters. The van der Waals surface area contributed by atoms with Crippen LogP contribution >= 0.6 is 11.3 Å². The lowest BCUT2D eigenvalue weighted by molar-refractivity contribution is 0.0488. The molecule has 4 nitrogen and oxygen atoms in total. The van der Waals surface area contributed by atoms with Gasteiger partial charge in [0.25, 0.3) is 0 Å². The minimum atomic E-state index is -0.524. The van der Waals surface area contributed by atoms with E-state index in [1.54, 1.807) is 17.7 Å². The molecule has 0 amide bonds. The minimum absolute atomic E-state index is 0.0773. The molecule has 0 N–H and O–H groups in total. The zero-order valence-electron chi connectivity index (χ0n) is 8.89. The number of ether oxygens (including phenoxy) is 1. The van der Waals surface area contributed by atoms with Crippen molar-refractivity contribution in [2.24, 2.45) is 0 Å². The molecule has 17 heavy (non-hydrogen) atoms. The van der Waals surface area contributed by atoms with Crippen LogP contribution in [0.15, 0.2) is 28.4 Å². The summed E-state index contributed by atoms with van der Waals surface area (Å²) in [4.78, 5) is 15.6. The van der Waals surface area contributed by atoms with Crippen LogP contribution in [0.3, 0.4) is 0 Å². The predicted octanol–water partition coefficient (Wildman–Crippen LogP) is 2.92. The van der Waals surface area contributed by atoms with Gasteiger partial charge in [0.15, 0.2) is 5.69 Å². The number of halogens is 1. The molecule has 90 valence electrons. The number of thiazole rings is 1. The van der Waals surface area contributed by atoms with Crippen LogP contribution in [0.5, 0.6) is 0 Å². The van der Waals surface area contributed by atoms with Gasteiger partial charge in [-0.1, -0.05) is 0 Å². The van der Waals surface area contributed by atoms with Gasteiger partial charge in [0, 0.05) is 17.4 Å². The Bertz CT molecular complexity index is 481. The van der Waals surface area contributed by atoms with Crippen molar-refractivity contribution < 1.29 is 18.3 Å².